The minimum absolute atomic E-state index is 0.252. The first-order valence-corrected chi connectivity index (χ1v) is 8.08. The van der Waals surface area contributed by atoms with Gasteiger partial charge in [0.15, 0.2) is 0 Å². The van der Waals surface area contributed by atoms with Crippen LogP contribution in [0.1, 0.15) is 27.2 Å². The van der Waals surface area contributed by atoms with E-state index in [1.807, 2.05) is 11.8 Å². The van der Waals surface area contributed by atoms with Crippen molar-refractivity contribution in [3.63, 3.8) is 0 Å². The molecule has 0 aliphatic carbocycles. The fraction of sp³-hybridized carbons (Fsp3) is 0.750. The monoisotopic (exact) mass is 301 g/mol. The van der Waals surface area contributed by atoms with Crippen LogP contribution in [0.15, 0.2) is 0 Å². The molecule has 1 saturated heterocycles. The van der Waals surface area contributed by atoms with Crippen molar-refractivity contribution in [2.75, 3.05) is 29.1 Å². The maximum atomic E-state index is 6.00. The number of thioether (sulfide) groups is 1. The molecule has 1 aromatic heterocycles. The zero-order valence-corrected chi connectivity index (χ0v) is 13.1. The topological polar surface area (TPSA) is 53.9 Å². The number of rotatable bonds is 4. The normalized spacial score (nSPS) is 23.5. The molecule has 1 aliphatic rings. The summed E-state index contributed by atoms with van der Waals surface area (Å²) in [6.07, 6.45) is 1.02. The van der Waals surface area contributed by atoms with Crippen LogP contribution in [0.25, 0.3) is 0 Å². The van der Waals surface area contributed by atoms with Crippen molar-refractivity contribution in [1.29, 1.82) is 0 Å². The highest BCUT2D eigenvalue weighted by Crippen LogP contribution is 2.27. The first kappa shape index (κ1) is 14.7. The summed E-state index contributed by atoms with van der Waals surface area (Å²) >= 11 is 7.98. The van der Waals surface area contributed by atoms with Gasteiger partial charge in [0.2, 0.25) is 17.2 Å². The number of aromatic nitrogens is 3. The van der Waals surface area contributed by atoms with E-state index in [9.17, 15) is 0 Å². The Kier molecular flexibility index (Phi) is 5.10. The third-order valence-electron chi connectivity index (χ3n) is 3.27. The maximum Gasteiger partial charge on any atom is 0.231 e. The number of hydrogen-bond donors (Lipinski definition) is 1. The highest BCUT2D eigenvalue weighted by molar-refractivity contribution is 8.00. The van der Waals surface area contributed by atoms with E-state index in [0.717, 1.165) is 25.3 Å². The second-order valence-electron chi connectivity index (χ2n) is 4.66. The molecule has 1 aliphatic heterocycles. The van der Waals surface area contributed by atoms with E-state index < -0.39 is 0 Å². The zero-order valence-electron chi connectivity index (χ0n) is 11.6. The summed E-state index contributed by atoms with van der Waals surface area (Å²) < 4.78 is 0. The third-order valence-corrected chi connectivity index (χ3v) is 4.78. The average Bonchev–Trinajstić information content (AvgIpc) is 2.39. The molecule has 5 nitrogen and oxygen atoms in total. The lowest BCUT2D eigenvalue weighted by Crippen LogP contribution is -2.45. The fourth-order valence-corrected chi connectivity index (χ4v) is 3.25. The van der Waals surface area contributed by atoms with Crippen molar-refractivity contribution < 1.29 is 0 Å². The minimum atomic E-state index is 0.252. The molecule has 1 aromatic rings. The lowest BCUT2D eigenvalue weighted by atomic mass is 10.2. The van der Waals surface area contributed by atoms with Crippen molar-refractivity contribution in [2.24, 2.45) is 0 Å². The van der Waals surface area contributed by atoms with Gasteiger partial charge in [-0.15, -0.1) is 0 Å². The van der Waals surface area contributed by atoms with Gasteiger partial charge < -0.3 is 10.2 Å². The molecule has 19 heavy (non-hydrogen) atoms. The fourth-order valence-electron chi connectivity index (χ4n) is 2.00. The predicted octanol–water partition coefficient (Wildman–Crippen LogP) is 2.68. The SMILES string of the molecule is CCCNc1nc(Cl)nc(N2CCSC(C)C2C)n1. The Morgan fingerprint density at radius 3 is 2.89 bits per heavy atom. The van der Waals surface area contributed by atoms with Crippen LogP contribution in [0, 0.1) is 0 Å². The molecule has 0 saturated carbocycles. The summed E-state index contributed by atoms with van der Waals surface area (Å²) in [5.41, 5.74) is 0. The van der Waals surface area contributed by atoms with Crippen LogP contribution in [0.5, 0.6) is 0 Å². The van der Waals surface area contributed by atoms with Gasteiger partial charge in [0, 0.05) is 30.1 Å². The van der Waals surface area contributed by atoms with Gasteiger partial charge in [0.25, 0.3) is 0 Å². The van der Waals surface area contributed by atoms with Crippen molar-refractivity contribution in [3.8, 4) is 0 Å². The molecule has 0 bridgehead atoms. The van der Waals surface area contributed by atoms with E-state index in [1.165, 1.54) is 0 Å². The van der Waals surface area contributed by atoms with Crippen molar-refractivity contribution in [1.82, 2.24) is 15.0 Å². The molecule has 0 amide bonds. The largest absolute Gasteiger partial charge is 0.354 e. The Balaban J connectivity index is 2.20. The van der Waals surface area contributed by atoms with Gasteiger partial charge in [-0.25, -0.2) is 0 Å². The smallest absolute Gasteiger partial charge is 0.231 e. The van der Waals surface area contributed by atoms with E-state index >= 15 is 0 Å². The first-order valence-electron chi connectivity index (χ1n) is 6.65. The zero-order chi connectivity index (χ0) is 13.8. The van der Waals surface area contributed by atoms with Gasteiger partial charge in [0.05, 0.1) is 0 Å². The minimum Gasteiger partial charge on any atom is -0.354 e. The summed E-state index contributed by atoms with van der Waals surface area (Å²) in [4.78, 5) is 15.1. The quantitative estimate of drug-likeness (QED) is 0.923. The van der Waals surface area contributed by atoms with E-state index in [1.54, 1.807) is 0 Å². The van der Waals surface area contributed by atoms with Crippen molar-refractivity contribution in [3.05, 3.63) is 5.28 Å². The van der Waals surface area contributed by atoms with Crippen LogP contribution in [-0.2, 0) is 0 Å². The van der Waals surface area contributed by atoms with Crippen molar-refractivity contribution >= 4 is 35.3 Å². The molecule has 2 heterocycles. The van der Waals surface area contributed by atoms with Crippen LogP contribution in [-0.4, -0.2) is 45.1 Å². The molecule has 7 heteroatoms. The average molecular weight is 302 g/mol. The van der Waals surface area contributed by atoms with Crippen LogP contribution < -0.4 is 10.2 Å². The second kappa shape index (κ2) is 6.61. The highest BCUT2D eigenvalue weighted by Gasteiger charge is 2.27. The molecule has 1 fully saturated rings. The molecule has 0 radical (unpaired) electrons. The number of nitrogens with zero attached hydrogens (tertiary/aromatic N) is 4. The van der Waals surface area contributed by atoms with Gasteiger partial charge in [-0.05, 0) is 24.9 Å². The Morgan fingerprint density at radius 1 is 1.37 bits per heavy atom. The predicted molar refractivity (Wildman–Crippen MR) is 82.3 cm³/mol. The van der Waals surface area contributed by atoms with E-state index in [2.05, 4.69) is 45.9 Å². The number of halogens is 1. The summed E-state index contributed by atoms with van der Waals surface area (Å²) in [7, 11) is 0. The van der Waals surface area contributed by atoms with Crippen LogP contribution >= 0.6 is 23.4 Å². The lowest BCUT2D eigenvalue weighted by molar-refractivity contribution is 0.611. The molecule has 2 rings (SSSR count). The third kappa shape index (κ3) is 3.63. The molecule has 0 spiro atoms. The summed E-state index contributed by atoms with van der Waals surface area (Å²) in [6, 6.07) is 0.399. The molecular weight excluding hydrogens is 282 g/mol. The summed E-state index contributed by atoms with van der Waals surface area (Å²) in [6.45, 7) is 8.32. The van der Waals surface area contributed by atoms with Gasteiger partial charge in [-0.1, -0.05) is 13.8 Å². The molecule has 2 atom stereocenters. The first-order chi connectivity index (χ1) is 9.11. The Hall–Kier alpha value is -0.750. The Labute approximate surface area is 123 Å². The maximum absolute atomic E-state index is 6.00. The van der Waals surface area contributed by atoms with Gasteiger partial charge >= 0.3 is 0 Å². The Morgan fingerprint density at radius 2 is 2.16 bits per heavy atom. The molecule has 0 aromatic carbocycles. The second-order valence-corrected chi connectivity index (χ2v) is 6.49. The molecular formula is C12H20ClN5S. The number of nitrogens with one attached hydrogen (secondary N) is 1. The summed E-state index contributed by atoms with van der Waals surface area (Å²) in [5, 5.41) is 3.98. The van der Waals surface area contributed by atoms with E-state index in [0.29, 0.717) is 23.2 Å². The van der Waals surface area contributed by atoms with Crippen LogP contribution in [0.3, 0.4) is 0 Å². The van der Waals surface area contributed by atoms with Gasteiger partial charge in [0.1, 0.15) is 0 Å². The Bertz CT molecular complexity index is 431. The number of hydrogen-bond acceptors (Lipinski definition) is 6. The van der Waals surface area contributed by atoms with Crippen LogP contribution in [0.2, 0.25) is 5.28 Å². The van der Waals surface area contributed by atoms with Gasteiger partial charge in [-0.2, -0.15) is 26.7 Å². The van der Waals surface area contributed by atoms with E-state index in [-0.39, 0.29) is 5.28 Å². The standard InChI is InChI=1S/C12H20ClN5S/c1-4-5-14-11-15-10(13)16-12(17-11)18-6-7-19-9(3)8(18)2/h8-9H,4-7H2,1-3H3,(H,14,15,16,17). The van der Waals surface area contributed by atoms with Crippen molar-refractivity contribution in [2.45, 2.75) is 38.5 Å². The molecule has 2 unspecified atom stereocenters. The molecule has 106 valence electrons. The van der Waals surface area contributed by atoms with Gasteiger partial charge in [-0.3, -0.25) is 0 Å². The summed E-state index contributed by atoms with van der Waals surface area (Å²) in [5.74, 6) is 2.33. The lowest BCUT2D eigenvalue weighted by Gasteiger charge is -2.37. The highest BCUT2D eigenvalue weighted by atomic mass is 35.5. The van der Waals surface area contributed by atoms with E-state index in [4.69, 9.17) is 11.6 Å². The van der Waals surface area contributed by atoms with Crippen LogP contribution in [0.4, 0.5) is 11.9 Å². The number of anilines is 2. The molecule has 1 N–H and O–H groups in total.